The number of pyridine rings is 1. The van der Waals surface area contributed by atoms with Crippen LogP contribution >= 0.6 is 0 Å². The van der Waals surface area contributed by atoms with Crippen molar-refractivity contribution in [3.8, 4) is 0 Å². The van der Waals surface area contributed by atoms with Gasteiger partial charge < -0.3 is 14.5 Å². The van der Waals surface area contributed by atoms with Crippen LogP contribution in [0.15, 0.2) is 35.0 Å². The van der Waals surface area contributed by atoms with E-state index in [2.05, 4.69) is 10.1 Å². The molecule has 3 rings (SSSR count). The summed E-state index contributed by atoms with van der Waals surface area (Å²) in [7, 11) is 0. The third-order valence-electron chi connectivity index (χ3n) is 4.09. The standard InChI is InChI=1S/C16H19N3O3/c1-12-10-13(22-18-12)11-15(20)19-8-5-16(21,6-9-19)14-4-2-3-7-17-14/h2-4,7,10,21H,5-6,8-9,11H2,1H3. The largest absolute Gasteiger partial charge is 0.383 e. The maximum atomic E-state index is 12.3. The highest BCUT2D eigenvalue weighted by Crippen LogP contribution is 2.31. The van der Waals surface area contributed by atoms with E-state index in [1.807, 2.05) is 25.1 Å². The van der Waals surface area contributed by atoms with Crippen LogP contribution < -0.4 is 0 Å². The molecule has 0 spiro atoms. The predicted molar refractivity (Wildman–Crippen MR) is 78.9 cm³/mol. The normalized spacial score (nSPS) is 17.5. The molecule has 1 N–H and O–H groups in total. The molecule has 2 aromatic heterocycles. The fraction of sp³-hybridized carbons (Fsp3) is 0.438. The summed E-state index contributed by atoms with van der Waals surface area (Å²) in [4.78, 5) is 18.3. The number of hydrogen-bond donors (Lipinski definition) is 1. The smallest absolute Gasteiger partial charge is 0.230 e. The van der Waals surface area contributed by atoms with Gasteiger partial charge in [0, 0.05) is 25.4 Å². The number of carbonyl (C=O) groups is 1. The lowest BCUT2D eigenvalue weighted by Gasteiger charge is -2.37. The second-order valence-electron chi connectivity index (χ2n) is 5.74. The predicted octanol–water partition coefficient (Wildman–Crippen LogP) is 1.43. The van der Waals surface area contributed by atoms with Crippen LogP contribution in [-0.4, -0.2) is 39.1 Å². The maximum Gasteiger partial charge on any atom is 0.230 e. The third-order valence-corrected chi connectivity index (χ3v) is 4.09. The summed E-state index contributed by atoms with van der Waals surface area (Å²) in [5.41, 5.74) is 0.500. The van der Waals surface area contributed by atoms with E-state index in [1.165, 1.54) is 0 Å². The van der Waals surface area contributed by atoms with E-state index >= 15 is 0 Å². The van der Waals surface area contributed by atoms with E-state index in [4.69, 9.17) is 4.52 Å². The van der Waals surface area contributed by atoms with E-state index in [-0.39, 0.29) is 12.3 Å². The number of piperidine rings is 1. The molecule has 6 nitrogen and oxygen atoms in total. The van der Waals surface area contributed by atoms with E-state index in [1.54, 1.807) is 17.2 Å². The maximum absolute atomic E-state index is 12.3. The Balaban J connectivity index is 1.60. The molecule has 1 aliphatic rings. The summed E-state index contributed by atoms with van der Waals surface area (Å²) in [5, 5.41) is 14.5. The number of likely N-dealkylation sites (tertiary alicyclic amines) is 1. The van der Waals surface area contributed by atoms with Gasteiger partial charge in [0.2, 0.25) is 5.91 Å². The van der Waals surface area contributed by atoms with Crippen LogP contribution in [0.2, 0.25) is 0 Å². The first-order valence-corrected chi connectivity index (χ1v) is 7.41. The zero-order valence-electron chi connectivity index (χ0n) is 12.5. The van der Waals surface area contributed by atoms with Crippen molar-refractivity contribution in [2.75, 3.05) is 13.1 Å². The van der Waals surface area contributed by atoms with Gasteiger partial charge in [0.15, 0.2) is 0 Å². The summed E-state index contributed by atoms with van der Waals surface area (Å²) < 4.78 is 5.08. The van der Waals surface area contributed by atoms with E-state index in [0.29, 0.717) is 37.4 Å². The van der Waals surface area contributed by atoms with Gasteiger partial charge in [-0.15, -0.1) is 0 Å². The molecule has 2 aromatic rings. The zero-order valence-corrected chi connectivity index (χ0v) is 12.5. The fourth-order valence-electron chi connectivity index (χ4n) is 2.78. The lowest BCUT2D eigenvalue weighted by atomic mass is 9.87. The van der Waals surface area contributed by atoms with Crippen LogP contribution in [-0.2, 0) is 16.8 Å². The molecule has 6 heteroatoms. The highest BCUT2D eigenvalue weighted by molar-refractivity contribution is 5.78. The number of hydrogen-bond acceptors (Lipinski definition) is 5. The molecule has 0 aliphatic carbocycles. The number of aliphatic hydroxyl groups is 1. The summed E-state index contributed by atoms with van der Waals surface area (Å²) in [6.45, 7) is 2.85. The number of carbonyl (C=O) groups excluding carboxylic acids is 1. The van der Waals surface area contributed by atoms with E-state index < -0.39 is 5.60 Å². The van der Waals surface area contributed by atoms with Gasteiger partial charge in [0.1, 0.15) is 11.4 Å². The van der Waals surface area contributed by atoms with Gasteiger partial charge in [0.25, 0.3) is 0 Å². The average molecular weight is 301 g/mol. The molecule has 0 saturated carbocycles. The van der Waals surface area contributed by atoms with E-state index in [0.717, 1.165) is 5.69 Å². The highest BCUT2D eigenvalue weighted by Gasteiger charge is 2.36. The molecule has 22 heavy (non-hydrogen) atoms. The van der Waals surface area contributed by atoms with Crippen molar-refractivity contribution in [3.05, 3.63) is 47.6 Å². The minimum Gasteiger partial charge on any atom is -0.383 e. The SMILES string of the molecule is Cc1cc(CC(=O)N2CCC(O)(c3ccccn3)CC2)on1. The van der Waals surface area contributed by atoms with Gasteiger partial charge in [-0.25, -0.2) is 0 Å². The molecule has 1 aliphatic heterocycles. The lowest BCUT2D eigenvalue weighted by Crippen LogP contribution is -2.46. The Morgan fingerprint density at radius 2 is 2.18 bits per heavy atom. The monoisotopic (exact) mass is 301 g/mol. The van der Waals surface area contributed by atoms with Crippen LogP contribution in [0.5, 0.6) is 0 Å². The Labute approximate surface area is 128 Å². The van der Waals surface area contributed by atoms with Crippen molar-refractivity contribution in [3.63, 3.8) is 0 Å². The quantitative estimate of drug-likeness (QED) is 0.927. The van der Waals surface area contributed by atoms with Gasteiger partial charge in [-0.05, 0) is 31.9 Å². The minimum absolute atomic E-state index is 0.000721. The number of rotatable bonds is 3. The van der Waals surface area contributed by atoms with Gasteiger partial charge in [-0.1, -0.05) is 11.2 Å². The van der Waals surface area contributed by atoms with Gasteiger partial charge >= 0.3 is 0 Å². The van der Waals surface area contributed by atoms with Gasteiger partial charge in [-0.2, -0.15) is 0 Å². The summed E-state index contributed by atoms with van der Waals surface area (Å²) >= 11 is 0. The molecule has 3 heterocycles. The Morgan fingerprint density at radius 1 is 1.41 bits per heavy atom. The summed E-state index contributed by atoms with van der Waals surface area (Å²) in [6.07, 6.45) is 2.87. The number of aryl methyl sites for hydroxylation is 1. The molecular weight excluding hydrogens is 282 g/mol. The number of amides is 1. The number of aromatic nitrogens is 2. The Hall–Kier alpha value is -2.21. The zero-order chi connectivity index (χ0) is 15.6. The highest BCUT2D eigenvalue weighted by atomic mass is 16.5. The lowest BCUT2D eigenvalue weighted by molar-refractivity contribution is -0.135. The summed E-state index contributed by atoms with van der Waals surface area (Å²) in [6, 6.07) is 7.29. The topological polar surface area (TPSA) is 79.5 Å². The first kappa shape index (κ1) is 14.7. The van der Waals surface area contributed by atoms with Crippen LogP contribution in [0.25, 0.3) is 0 Å². The van der Waals surface area contributed by atoms with Crippen LogP contribution in [0.4, 0.5) is 0 Å². The van der Waals surface area contributed by atoms with Crippen LogP contribution in [0.3, 0.4) is 0 Å². The fourth-order valence-corrected chi connectivity index (χ4v) is 2.78. The number of nitrogens with zero attached hydrogens (tertiary/aromatic N) is 3. The van der Waals surface area contributed by atoms with Crippen LogP contribution in [0.1, 0.15) is 30.0 Å². The second kappa shape index (κ2) is 5.88. The van der Waals surface area contributed by atoms with E-state index in [9.17, 15) is 9.90 Å². The van der Waals surface area contributed by atoms with Crippen molar-refractivity contribution in [2.24, 2.45) is 0 Å². The first-order valence-electron chi connectivity index (χ1n) is 7.41. The third kappa shape index (κ3) is 3.01. The average Bonchev–Trinajstić information content (AvgIpc) is 2.94. The van der Waals surface area contributed by atoms with Crippen molar-refractivity contribution >= 4 is 5.91 Å². The van der Waals surface area contributed by atoms with Crippen molar-refractivity contribution in [2.45, 2.75) is 31.8 Å². The molecular formula is C16H19N3O3. The van der Waals surface area contributed by atoms with Crippen molar-refractivity contribution in [1.29, 1.82) is 0 Å². The molecule has 0 radical (unpaired) electrons. The molecule has 1 saturated heterocycles. The molecule has 0 unspecified atom stereocenters. The Kier molecular flexibility index (Phi) is 3.94. The van der Waals surface area contributed by atoms with Crippen LogP contribution in [0, 0.1) is 6.92 Å². The second-order valence-corrected chi connectivity index (χ2v) is 5.74. The van der Waals surface area contributed by atoms with Crippen molar-refractivity contribution < 1.29 is 14.4 Å². The first-order chi connectivity index (χ1) is 10.6. The Bertz CT molecular complexity index is 646. The molecule has 1 amide bonds. The van der Waals surface area contributed by atoms with Gasteiger partial charge in [0.05, 0.1) is 17.8 Å². The van der Waals surface area contributed by atoms with Gasteiger partial charge in [-0.3, -0.25) is 9.78 Å². The molecule has 116 valence electrons. The Morgan fingerprint density at radius 3 is 2.77 bits per heavy atom. The molecule has 0 aromatic carbocycles. The molecule has 1 fully saturated rings. The van der Waals surface area contributed by atoms with Crippen molar-refractivity contribution in [1.82, 2.24) is 15.0 Å². The molecule has 0 atom stereocenters. The summed E-state index contributed by atoms with van der Waals surface area (Å²) in [5.74, 6) is 0.576. The minimum atomic E-state index is -0.944. The molecule has 0 bridgehead atoms.